The van der Waals surface area contributed by atoms with Gasteiger partial charge in [-0.1, -0.05) is 19.8 Å². The van der Waals surface area contributed by atoms with Crippen molar-refractivity contribution in [3.05, 3.63) is 47.7 Å². The number of alkyl halides is 6. The SMILES string of the molecule is CCCCOc1cc(C(F)(F)F)ccc1OC1CC2CCCC(C1)N2Oc1ccc(C(F)(F)F)cn1. The Kier molecular flexibility index (Phi) is 7.87. The lowest BCUT2D eigenvalue weighted by Gasteiger charge is -2.46. The van der Waals surface area contributed by atoms with Crippen LogP contribution in [-0.2, 0) is 12.4 Å². The molecule has 2 aliphatic rings. The Morgan fingerprint density at radius 2 is 1.58 bits per heavy atom. The van der Waals surface area contributed by atoms with Crippen molar-refractivity contribution >= 4 is 0 Å². The number of rotatable bonds is 8. The average molecular weight is 518 g/mol. The molecule has 2 atom stereocenters. The second-order valence-electron chi connectivity index (χ2n) is 9.15. The standard InChI is InChI=1S/C25H28F6N2O3/c1-2-3-11-34-22-12-16(24(26,27)28)7-9-21(22)35-20-13-18-5-4-6-19(14-20)33(18)36-23-10-8-17(15-32-23)25(29,30)31/h7-10,12,15,18-20H,2-6,11,13-14H2,1H3. The van der Waals surface area contributed by atoms with Crippen LogP contribution < -0.4 is 14.3 Å². The topological polar surface area (TPSA) is 43.8 Å². The van der Waals surface area contributed by atoms with Crippen molar-refractivity contribution in [1.29, 1.82) is 0 Å². The van der Waals surface area contributed by atoms with E-state index in [0.717, 1.165) is 50.1 Å². The molecular formula is C25H28F6N2O3. The Hall–Kier alpha value is -2.69. The lowest BCUT2D eigenvalue weighted by molar-refractivity contribution is -0.185. The molecule has 0 radical (unpaired) electrons. The fourth-order valence-electron chi connectivity index (χ4n) is 4.64. The largest absolute Gasteiger partial charge is 0.490 e. The Morgan fingerprint density at radius 1 is 0.917 bits per heavy atom. The van der Waals surface area contributed by atoms with Crippen molar-refractivity contribution in [2.75, 3.05) is 6.61 Å². The molecular weight excluding hydrogens is 490 g/mol. The van der Waals surface area contributed by atoms with Gasteiger partial charge in [-0.3, -0.25) is 0 Å². The van der Waals surface area contributed by atoms with Crippen molar-refractivity contribution in [2.24, 2.45) is 0 Å². The Labute approximate surface area is 205 Å². The molecule has 0 N–H and O–H groups in total. The van der Waals surface area contributed by atoms with E-state index in [4.69, 9.17) is 14.3 Å². The van der Waals surface area contributed by atoms with Gasteiger partial charge in [-0.25, -0.2) is 4.98 Å². The van der Waals surface area contributed by atoms with Gasteiger partial charge in [0.15, 0.2) is 11.5 Å². The molecule has 2 fully saturated rings. The second-order valence-corrected chi connectivity index (χ2v) is 9.15. The van der Waals surface area contributed by atoms with E-state index in [-0.39, 0.29) is 42.2 Å². The Balaban J connectivity index is 1.45. The lowest BCUT2D eigenvalue weighted by Crippen LogP contribution is -2.55. The molecule has 2 saturated heterocycles. The van der Waals surface area contributed by atoms with E-state index in [9.17, 15) is 26.3 Å². The summed E-state index contributed by atoms with van der Waals surface area (Å²) in [5, 5.41) is 1.78. The zero-order valence-electron chi connectivity index (χ0n) is 19.7. The van der Waals surface area contributed by atoms with E-state index in [1.165, 1.54) is 12.1 Å². The third-order valence-corrected chi connectivity index (χ3v) is 6.45. The predicted octanol–water partition coefficient (Wildman–Crippen LogP) is 7.06. The summed E-state index contributed by atoms with van der Waals surface area (Å²) in [5.74, 6) is 0.408. The molecule has 2 aliphatic heterocycles. The number of aromatic nitrogens is 1. The number of halogens is 6. The third-order valence-electron chi connectivity index (χ3n) is 6.45. The highest BCUT2D eigenvalue weighted by Gasteiger charge is 2.42. The molecule has 0 aliphatic carbocycles. The van der Waals surface area contributed by atoms with Crippen molar-refractivity contribution in [3.8, 4) is 17.4 Å². The van der Waals surface area contributed by atoms with Crippen LogP contribution in [0.4, 0.5) is 26.3 Å². The molecule has 2 unspecified atom stereocenters. The molecule has 4 rings (SSSR count). The first-order chi connectivity index (χ1) is 17.0. The van der Waals surface area contributed by atoms with Gasteiger partial charge in [0.25, 0.3) is 0 Å². The molecule has 0 amide bonds. The van der Waals surface area contributed by atoms with Crippen LogP contribution in [0.2, 0.25) is 0 Å². The number of nitrogens with zero attached hydrogens (tertiary/aromatic N) is 2. The number of pyridine rings is 1. The van der Waals surface area contributed by atoms with E-state index >= 15 is 0 Å². The number of piperidine rings is 2. The molecule has 36 heavy (non-hydrogen) atoms. The Bertz CT molecular complexity index is 998. The zero-order valence-corrected chi connectivity index (χ0v) is 19.7. The minimum absolute atomic E-state index is 0.0644. The summed E-state index contributed by atoms with van der Waals surface area (Å²) in [7, 11) is 0. The van der Waals surface area contributed by atoms with Gasteiger partial charge in [-0.2, -0.15) is 26.3 Å². The van der Waals surface area contributed by atoms with Crippen molar-refractivity contribution in [1.82, 2.24) is 10.0 Å². The second kappa shape index (κ2) is 10.7. The number of hydroxylamine groups is 2. The smallest absolute Gasteiger partial charge is 0.417 e. The maximum atomic E-state index is 13.2. The van der Waals surface area contributed by atoms with E-state index in [0.29, 0.717) is 19.3 Å². The van der Waals surface area contributed by atoms with Gasteiger partial charge in [-0.05, 0) is 43.5 Å². The summed E-state index contributed by atoms with van der Waals surface area (Å²) in [6, 6.07) is 5.25. The minimum atomic E-state index is -4.49. The summed E-state index contributed by atoms with van der Waals surface area (Å²) in [6.45, 7) is 2.24. The average Bonchev–Trinajstić information content (AvgIpc) is 2.80. The lowest BCUT2D eigenvalue weighted by atomic mass is 9.84. The molecule has 11 heteroatoms. The van der Waals surface area contributed by atoms with Crippen LogP contribution in [0, 0.1) is 0 Å². The third kappa shape index (κ3) is 6.35. The number of ether oxygens (including phenoxy) is 2. The maximum absolute atomic E-state index is 13.2. The van der Waals surface area contributed by atoms with Crippen LogP contribution in [0.5, 0.6) is 17.4 Å². The fourth-order valence-corrected chi connectivity index (χ4v) is 4.64. The summed E-state index contributed by atoms with van der Waals surface area (Å²) >= 11 is 0. The van der Waals surface area contributed by atoms with E-state index in [2.05, 4.69) is 4.98 Å². The van der Waals surface area contributed by atoms with Gasteiger partial charge >= 0.3 is 12.4 Å². The number of benzene rings is 1. The van der Waals surface area contributed by atoms with Crippen LogP contribution in [-0.4, -0.2) is 34.8 Å². The van der Waals surface area contributed by atoms with Crippen molar-refractivity contribution in [3.63, 3.8) is 0 Å². The van der Waals surface area contributed by atoms with Gasteiger partial charge in [0.1, 0.15) is 6.10 Å². The van der Waals surface area contributed by atoms with Gasteiger partial charge in [0.05, 0.1) is 17.7 Å². The molecule has 198 valence electrons. The molecule has 0 saturated carbocycles. The molecule has 1 aromatic carbocycles. The predicted molar refractivity (Wildman–Crippen MR) is 119 cm³/mol. The number of fused-ring (bicyclic) bond motifs is 2. The maximum Gasteiger partial charge on any atom is 0.417 e. The highest BCUT2D eigenvalue weighted by atomic mass is 19.4. The van der Waals surface area contributed by atoms with E-state index < -0.39 is 23.5 Å². The quantitative estimate of drug-likeness (QED) is 0.277. The summed E-state index contributed by atoms with van der Waals surface area (Å²) in [6.07, 6.45) is -3.31. The first kappa shape index (κ1) is 26.4. The molecule has 1 aromatic heterocycles. The van der Waals surface area contributed by atoms with Crippen LogP contribution in [0.25, 0.3) is 0 Å². The van der Waals surface area contributed by atoms with Crippen LogP contribution in [0.1, 0.15) is 63.0 Å². The first-order valence-corrected chi connectivity index (χ1v) is 12.0. The molecule has 5 nitrogen and oxygen atoms in total. The number of unbranched alkanes of at least 4 members (excludes halogenated alkanes) is 1. The van der Waals surface area contributed by atoms with Gasteiger partial charge in [0, 0.05) is 37.2 Å². The van der Waals surface area contributed by atoms with E-state index in [1.807, 2.05) is 6.92 Å². The zero-order chi connectivity index (χ0) is 25.9. The number of hydrogen-bond acceptors (Lipinski definition) is 5. The number of hydrogen-bond donors (Lipinski definition) is 0. The summed E-state index contributed by atoms with van der Waals surface area (Å²) in [5.41, 5.74) is -1.65. The van der Waals surface area contributed by atoms with Crippen molar-refractivity contribution < 1.29 is 40.7 Å². The fraction of sp³-hybridized carbons (Fsp3) is 0.560. The van der Waals surface area contributed by atoms with Gasteiger partial charge in [0.2, 0.25) is 5.88 Å². The molecule has 3 heterocycles. The van der Waals surface area contributed by atoms with Crippen LogP contribution in [0.3, 0.4) is 0 Å². The highest BCUT2D eigenvalue weighted by molar-refractivity contribution is 5.44. The van der Waals surface area contributed by atoms with Gasteiger partial charge in [-0.15, -0.1) is 5.06 Å². The van der Waals surface area contributed by atoms with E-state index in [1.54, 1.807) is 5.06 Å². The highest BCUT2D eigenvalue weighted by Crippen LogP contribution is 2.40. The monoisotopic (exact) mass is 518 g/mol. The van der Waals surface area contributed by atoms with Crippen LogP contribution in [0.15, 0.2) is 36.5 Å². The normalized spacial score (nSPS) is 22.8. The van der Waals surface area contributed by atoms with Crippen molar-refractivity contribution in [2.45, 2.75) is 82.4 Å². The summed E-state index contributed by atoms with van der Waals surface area (Å²) < 4.78 is 89.9. The summed E-state index contributed by atoms with van der Waals surface area (Å²) in [4.78, 5) is 9.69. The first-order valence-electron chi connectivity index (χ1n) is 12.0. The Morgan fingerprint density at radius 3 is 2.17 bits per heavy atom. The molecule has 2 aromatic rings. The minimum Gasteiger partial charge on any atom is -0.490 e. The van der Waals surface area contributed by atoms with Crippen LogP contribution >= 0.6 is 0 Å². The van der Waals surface area contributed by atoms with Gasteiger partial charge < -0.3 is 14.3 Å². The molecule has 2 bridgehead atoms. The molecule has 0 spiro atoms.